The zero-order valence-corrected chi connectivity index (χ0v) is 6.03. The fraction of sp³-hybridized carbons (Fsp3) is 0.833. The molecule has 0 aliphatic carbocycles. The van der Waals surface area contributed by atoms with Gasteiger partial charge >= 0.3 is 0 Å². The minimum absolute atomic E-state index is 0.385. The highest BCUT2D eigenvalue weighted by atomic mass is 16.3. The fourth-order valence-electron chi connectivity index (χ4n) is 1.19. The molecule has 1 heterocycles. The molecule has 1 rings (SSSR count). The van der Waals surface area contributed by atoms with Gasteiger partial charge in [-0.1, -0.05) is 0 Å². The van der Waals surface area contributed by atoms with Crippen molar-refractivity contribution in [3.05, 3.63) is 0 Å². The number of aliphatic hydroxyl groups is 1. The number of carbonyl (C=O) groups excluding carboxylic acids is 1. The molecule has 0 aromatic rings. The van der Waals surface area contributed by atoms with Crippen molar-refractivity contribution >= 4 is 6.41 Å². The van der Waals surface area contributed by atoms with Gasteiger partial charge in [0, 0.05) is 13.1 Å². The number of amides is 1. The minimum Gasteiger partial charge on any atom is -0.390 e. The van der Waals surface area contributed by atoms with E-state index in [4.69, 9.17) is 5.11 Å². The van der Waals surface area contributed by atoms with E-state index in [0.717, 1.165) is 6.41 Å². The molecule has 1 atom stereocenters. The zero-order valence-electron chi connectivity index (χ0n) is 6.03. The van der Waals surface area contributed by atoms with Crippen molar-refractivity contribution in [1.82, 2.24) is 9.80 Å². The predicted molar refractivity (Wildman–Crippen MR) is 36.3 cm³/mol. The van der Waals surface area contributed by atoms with Crippen LogP contribution in [0.2, 0.25) is 0 Å². The first-order chi connectivity index (χ1) is 4.72. The zero-order chi connectivity index (χ0) is 7.56. The number of likely N-dealkylation sites (N-methyl/N-ethyl adjacent to an activating group) is 1. The van der Waals surface area contributed by atoms with Crippen molar-refractivity contribution in [3.8, 4) is 0 Å². The van der Waals surface area contributed by atoms with Gasteiger partial charge in [0.1, 0.15) is 0 Å². The SMILES string of the molecule is CN1C[C@@H](O)CN(C=O)C1. The number of aliphatic hydroxyl groups excluding tert-OH is 1. The summed E-state index contributed by atoms with van der Waals surface area (Å²) < 4.78 is 0. The van der Waals surface area contributed by atoms with Gasteiger partial charge in [-0.05, 0) is 7.05 Å². The Morgan fingerprint density at radius 3 is 2.80 bits per heavy atom. The van der Waals surface area contributed by atoms with E-state index in [9.17, 15) is 4.79 Å². The molecule has 0 spiro atoms. The molecule has 0 unspecified atom stereocenters. The first kappa shape index (κ1) is 7.50. The summed E-state index contributed by atoms with van der Waals surface area (Å²) >= 11 is 0. The lowest BCUT2D eigenvalue weighted by molar-refractivity contribution is -0.124. The molecule has 1 saturated heterocycles. The topological polar surface area (TPSA) is 43.8 Å². The quantitative estimate of drug-likeness (QED) is 0.466. The summed E-state index contributed by atoms with van der Waals surface area (Å²) in [5, 5.41) is 9.14. The van der Waals surface area contributed by atoms with Crippen LogP contribution in [0.15, 0.2) is 0 Å². The standard InChI is InChI=1S/C6H12N2O2/c1-7-2-6(10)3-8(4-7)5-9/h5-6,10H,2-4H2,1H3/t6-/m1/s1. The Hall–Kier alpha value is -0.610. The van der Waals surface area contributed by atoms with Crippen LogP contribution in [0.5, 0.6) is 0 Å². The molecule has 1 aliphatic heterocycles. The second kappa shape index (κ2) is 2.98. The van der Waals surface area contributed by atoms with Crippen LogP contribution in [0.1, 0.15) is 0 Å². The largest absolute Gasteiger partial charge is 0.390 e. The van der Waals surface area contributed by atoms with E-state index in [-0.39, 0.29) is 6.10 Å². The van der Waals surface area contributed by atoms with E-state index < -0.39 is 0 Å². The Labute approximate surface area is 60.0 Å². The molecule has 1 fully saturated rings. The summed E-state index contributed by atoms with van der Waals surface area (Å²) in [6.07, 6.45) is 0.378. The lowest BCUT2D eigenvalue weighted by Crippen LogP contribution is -2.49. The summed E-state index contributed by atoms with van der Waals surface area (Å²) in [5.41, 5.74) is 0. The van der Waals surface area contributed by atoms with E-state index in [2.05, 4.69) is 0 Å². The van der Waals surface area contributed by atoms with Gasteiger partial charge in [0.05, 0.1) is 12.8 Å². The average Bonchev–Trinajstić information content (AvgIpc) is 1.85. The van der Waals surface area contributed by atoms with Crippen LogP contribution in [0.4, 0.5) is 0 Å². The highest BCUT2D eigenvalue weighted by molar-refractivity contribution is 5.47. The van der Waals surface area contributed by atoms with Gasteiger partial charge in [0.15, 0.2) is 0 Å². The molecule has 1 amide bonds. The smallest absolute Gasteiger partial charge is 0.210 e. The lowest BCUT2D eigenvalue weighted by Gasteiger charge is -2.33. The number of hydrogen-bond donors (Lipinski definition) is 1. The van der Waals surface area contributed by atoms with E-state index in [1.165, 1.54) is 0 Å². The molecule has 0 aromatic heterocycles. The van der Waals surface area contributed by atoms with Crippen LogP contribution >= 0.6 is 0 Å². The normalized spacial score (nSPS) is 28.6. The van der Waals surface area contributed by atoms with Crippen LogP contribution in [0, 0.1) is 0 Å². The van der Waals surface area contributed by atoms with Crippen LogP contribution in [0.3, 0.4) is 0 Å². The molecule has 1 N–H and O–H groups in total. The van der Waals surface area contributed by atoms with Gasteiger partial charge in [-0.3, -0.25) is 9.69 Å². The number of nitrogens with zero attached hydrogens (tertiary/aromatic N) is 2. The number of rotatable bonds is 1. The van der Waals surface area contributed by atoms with Crippen molar-refractivity contribution < 1.29 is 9.90 Å². The Balaban J connectivity index is 2.42. The molecule has 0 radical (unpaired) electrons. The average molecular weight is 144 g/mol. The van der Waals surface area contributed by atoms with E-state index in [1.807, 2.05) is 11.9 Å². The first-order valence-electron chi connectivity index (χ1n) is 3.28. The highest BCUT2D eigenvalue weighted by Gasteiger charge is 2.19. The molecule has 0 saturated carbocycles. The molecule has 0 aromatic carbocycles. The van der Waals surface area contributed by atoms with Gasteiger partial charge in [0.25, 0.3) is 0 Å². The molecular formula is C6H12N2O2. The summed E-state index contributed by atoms with van der Waals surface area (Å²) in [6, 6.07) is 0. The molecule has 1 aliphatic rings. The van der Waals surface area contributed by atoms with Crippen molar-refractivity contribution in [3.63, 3.8) is 0 Å². The van der Waals surface area contributed by atoms with Gasteiger partial charge in [0.2, 0.25) is 6.41 Å². The molecule has 0 bridgehead atoms. The lowest BCUT2D eigenvalue weighted by atomic mass is 10.3. The van der Waals surface area contributed by atoms with Crippen LogP contribution < -0.4 is 0 Å². The molecule has 58 valence electrons. The third-order valence-corrected chi connectivity index (χ3v) is 1.54. The van der Waals surface area contributed by atoms with E-state index in [1.54, 1.807) is 4.90 Å². The summed E-state index contributed by atoms with van der Waals surface area (Å²) in [7, 11) is 1.87. The van der Waals surface area contributed by atoms with Crippen molar-refractivity contribution in [2.75, 3.05) is 26.8 Å². The second-order valence-electron chi connectivity index (χ2n) is 2.71. The molecule has 10 heavy (non-hydrogen) atoms. The van der Waals surface area contributed by atoms with Gasteiger partial charge < -0.3 is 10.0 Å². The second-order valence-corrected chi connectivity index (χ2v) is 2.71. The molecule has 4 nitrogen and oxygen atoms in total. The third kappa shape index (κ3) is 1.68. The minimum atomic E-state index is -0.385. The van der Waals surface area contributed by atoms with E-state index in [0.29, 0.717) is 19.8 Å². The highest BCUT2D eigenvalue weighted by Crippen LogP contribution is 2.00. The molecule has 4 heteroatoms. The third-order valence-electron chi connectivity index (χ3n) is 1.54. The molecular weight excluding hydrogens is 132 g/mol. The summed E-state index contributed by atoms with van der Waals surface area (Å²) in [4.78, 5) is 13.7. The fourth-order valence-corrected chi connectivity index (χ4v) is 1.19. The van der Waals surface area contributed by atoms with Crippen LogP contribution in [-0.2, 0) is 4.79 Å². The van der Waals surface area contributed by atoms with Gasteiger partial charge in [-0.25, -0.2) is 0 Å². The maximum Gasteiger partial charge on any atom is 0.210 e. The van der Waals surface area contributed by atoms with E-state index >= 15 is 0 Å². The number of β-amino-alcohol motifs (C(OH)–C–C–N with tert-alkyl or cyclic N) is 1. The Kier molecular flexibility index (Phi) is 2.24. The maximum absolute atomic E-state index is 10.2. The Morgan fingerprint density at radius 2 is 2.30 bits per heavy atom. The monoisotopic (exact) mass is 144 g/mol. The summed E-state index contributed by atoms with van der Waals surface area (Å²) in [5.74, 6) is 0. The van der Waals surface area contributed by atoms with Gasteiger partial charge in [-0.2, -0.15) is 0 Å². The number of hydrogen-bond acceptors (Lipinski definition) is 3. The van der Waals surface area contributed by atoms with Crippen molar-refractivity contribution in [2.45, 2.75) is 6.10 Å². The van der Waals surface area contributed by atoms with Gasteiger partial charge in [-0.15, -0.1) is 0 Å². The predicted octanol–water partition coefficient (Wildman–Crippen LogP) is -1.29. The van der Waals surface area contributed by atoms with Crippen molar-refractivity contribution in [2.24, 2.45) is 0 Å². The van der Waals surface area contributed by atoms with Crippen LogP contribution in [0.25, 0.3) is 0 Å². The summed E-state index contributed by atoms with van der Waals surface area (Å²) in [6.45, 7) is 1.75. The Morgan fingerprint density at radius 1 is 1.60 bits per heavy atom. The van der Waals surface area contributed by atoms with Crippen LogP contribution in [-0.4, -0.2) is 54.2 Å². The number of carbonyl (C=O) groups is 1. The first-order valence-corrected chi connectivity index (χ1v) is 3.28. The maximum atomic E-state index is 10.2. The van der Waals surface area contributed by atoms with Crippen molar-refractivity contribution in [1.29, 1.82) is 0 Å². The Bertz CT molecular complexity index is 119.